The zero-order valence-corrected chi connectivity index (χ0v) is 11.4. The van der Waals surface area contributed by atoms with Crippen molar-refractivity contribution in [3.63, 3.8) is 0 Å². The van der Waals surface area contributed by atoms with Crippen molar-refractivity contribution in [1.29, 1.82) is 0 Å². The molecule has 18 heavy (non-hydrogen) atoms. The highest BCUT2D eigenvalue weighted by atomic mass is 35.5. The predicted molar refractivity (Wildman–Crippen MR) is 72.6 cm³/mol. The van der Waals surface area contributed by atoms with Crippen LogP contribution in [0.1, 0.15) is 6.42 Å². The standard InChI is InChI=1S/C12H19ClN4O/c1-18-11-3-5-14-12(15-11)17-7-2-6-16(8-4-13)9-10-17/h3,5H,2,4,6-10H2,1H3. The topological polar surface area (TPSA) is 41.5 Å². The Morgan fingerprint density at radius 2 is 2.22 bits per heavy atom. The Morgan fingerprint density at radius 3 is 3.00 bits per heavy atom. The predicted octanol–water partition coefficient (Wildman–Crippen LogP) is 1.24. The number of aromatic nitrogens is 2. The number of hydrogen-bond acceptors (Lipinski definition) is 5. The fourth-order valence-corrected chi connectivity index (χ4v) is 2.35. The molecule has 6 heteroatoms. The molecule has 0 N–H and O–H groups in total. The summed E-state index contributed by atoms with van der Waals surface area (Å²) in [4.78, 5) is 13.3. The molecule has 0 amide bonds. The van der Waals surface area contributed by atoms with Crippen LogP contribution in [0.3, 0.4) is 0 Å². The summed E-state index contributed by atoms with van der Waals surface area (Å²) >= 11 is 5.78. The van der Waals surface area contributed by atoms with Crippen LogP contribution in [0, 0.1) is 0 Å². The zero-order valence-electron chi connectivity index (χ0n) is 10.7. The van der Waals surface area contributed by atoms with Crippen molar-refractivity contribution in [3.05, 3.63) is 12.3 Å². The summed E-state index contributed by atoms with van der Waals surface area (Å²) in [7, 11) is 1.62. The van der Waals surface area contributed by atoms with E-state index >= 15 is 0 Å². The Bertz CT molecular complexity index is 377. The Hall–Kier alpha value is -1.07. The molecule has 1 aromatic rings. The second kappa shape index (κ2) is 6.75. The molecule has 1 saturated heterocycles. The average Bonchev–Trinajstić information content (AvgIpc) is 2.65. The minimum atomic E-state index is 0.613. The van der Waals surface area contributed by atoms with Crippen molar-refractivity contribution >= 4 is 17.5 Å². The monoisotopic (exact) mass is 270 g/mol. The molecule has 0 saturated carbocycles. The average molecular weight is 271 g/mol. The highest BCUT2D eigenvalue weighted by Gasteiger charge is 2.16. The van der Waals surface area contributed by atoms with Crippen molar-refractivity contribution in [3.8, 4) is 5.88 Å². The Morgan fingerprint density at radius 1 is 1.33 bits per heavy atom. The Labute approximate surface area is 113 Å². The number of ether oxygens (including phenoxy) is 1. The van der Waals surface area contributed by atoms with E-state index in [1.54, 1.807) is 19.4 Å². The minimum absolute atomic E-state index is 0.613. The van der Waals surface area contributed by atoms with E-state index in [9.17, 15) is 0 Å². The van der Waals surface area contributed by atoms with Crippen LogP contribution in [0.25, 0.3) is 0 Å². The van der Waals surface area contributed by atoms with Gasteiger partial charge in [-0.15, -0.1) is 11.6 Å². The lowest BCUT2D eigenvalue weighted by Crippen LogP contribution is -2.32. The van der Waals surface area contributed by atoms with Crippen LogP contribution in [0.4, 0.5) is 5.95 Å². The van der Waals surface area contributed by atoms with Crippen molar-refractivity contribution < 1.29 is 4.74 Å². The van der Waals surface area contributed by atoms with Gasteiger partial charge in [-0.3, -0.25) is 0 Å². The maximum atomic E-state index is 5.78. The number of anilines is 1. The summed E-state index contributed by atoms with van der Waals surface area (Å²) in [5.41, 5.74) is 0. The fraction of sp³-hybridized carbons (Fsp3) is 0.667. The molecule has 1 aromatic heterocycles. The van der Waals surface area contributed by atoms with Gasteiger partial charge >= 0.3 is 0 Å². The molecule has 0 bridgehead atoms. The number of hydrogen-bond donors (Lipinski definition) is 0. The molecular formula is C12H19ClN4O. The molecule has 0 radical (unpaired) electrons. The van der Waals surface area contributed by atoms with Gasteiger partial charge in [-0.05, 0) is 13.0 Å². The van der Waals surface area contributed by atoms with E-state index in [0.29, 0.717) is 11.8 Å². The van der Waals surface area contributed by atoms with Crippen molar-refractivity contribution in [2.75, 3.05) is 50.6 Å². The molecule has 1 aliphatic rings. The normalized spacial score (nSPS) is 17.6. The van der Waals surface area contributed by atoms with Gasteiger partial charge in [0.1, 0.15) is 0 Å². The van der Waals surface area contributed by atoms with Crippen LogP contribution in [-0.4, -0.2) is 60.6 Å². The van der Waals surface area contributed by atoms with Crippen LogP contribution < -0.4 is 9.64 Å². The van der Waals surface area contributed by atoms with Crippen molar-refractivity contribution in [2.45, 2.75) is 6.42 Å². The van der Waals surface area contributed by atoms with E-state index in [2.05, 4.69) is 19.8 Å². The number of rotatable bonds is 4. The first kappa shape index (κ1) is 13.4. The van der Waals surface area contributed by atoms with E-state index in [4.69, 9.17) is 16.3 Å². The highest BCUT2D eigenvalue weighted by molar-refractivity contribution is 6.18. The molecule has 1 fully saturated rings. The van der Waals surface area contributed by atoms with Gasteiger partial charge in [-0.2, -0.15) is 4.98 Å². The second-order valence-electron chi connectivity index (χ2n) is 4.27. The maximum absolute atomic E-state index is 5.78. The van der Waals surface area contributed by atoms with Crippen LogP contribution >= 0.6 is 11.6 Å². The van der Waals surface area contributed by atoms with E-state index in [1.165, 1.54) is 0 Å². The first-order valence-electron chi connectivity index (χ1n) is 6.24. The number of nitrogens with zero attached hydrogens (tertiary/aromatic N) is 4. The van der Waals surface area contributed by atoms with Crippen LogP contribution in [0.5, 0.6) is 5.88 Å². The quantitative estimate of drug-likeness (QED) is 0.770. The van der Waals surface area contributed by atoms with Crippen LogP contribution in [-0.2, 0) is 0 Å². The van der Waals surface area contributed by atoms with Crippen molar-refractivity contribution in [2.24, 2.45) is 0 Å². The number of alkyl halides is 1. The molecule has 2 rings (SSSR count). The summed E-state index contributed by atoms with van der Waals surface area (Å²) in [6.45, 7) is 4.96. The molecule has 0 atom stereocenters. The lowest BCUT2D eigenvalue weighted by molar-refractivity contribution is 0.311. The van der Waals surface area contributed by atoms with Gasteiger partial charge in [-0.25, -0.2) is 4.98 Å². The Balaban J connectivity index is 2.00. The molecule has 0 aromatic carbocycles. The third-order valence-corrected chi connectivity index (χ3v) is 3.27. The number of methoxy groups -OCH3 is 1. The smallest absolute Gasteiger partial charge is 0.228 e. The van der Waals surface area contributed by atoms with E-state index < -0.39 is 0 Å². The van der Waals surface area contributed by atoms with Gasteiger partial charge in [0.15, 0.2) is 0 Å². The van der Waals surface area contributed by atoms with Gasteiger partial charge in [0, 0.05) is 44.3 Å². The summed E-state index contributed by atoms with van der Waals surface area (Å²) < 4.78 is 5.13. The minimum Gasteiger partial charge on any atom is -0.481 e. The molecule has 5 nitrogen and oxygen atoms in total. The van der Waals surface area contributed by atoms with Gasteiger partial charge < -0.3 is 14.5 Å². The third kappa shape index (κ3) is 3.46. The molecule has 0 unspecified atom stereocenters. The summed E-state index contributed by atoms with van der Waals surface area (Å²) in [6, 6.07) is 1.77. The van der Waals surface area contributed by atoms with E-state index in [0.717, 1.165) is 45.1 Å². The molecule has 0 spiro atoms. The first-order chi connectivity index (χ1) is 8.83. The molecule has 100 valence electrons. The zero-order chi connectivity index (χ0) is 12.8. The number of halogens is 1. The van der Waals surface area contributed by atoms with Crippen LogP contribution in [0.2, 0.25) is 0 Å². The second-order valence-corrected chi connectivity index (χ2v) is 4.65. The Kier molecular flexibility index (Phi) is 5.01. The SMILES string of the molecule is COc1ccnc(N2CCCN(CCCl)CC2)n1. The van der Waals surface area contributed by atoms with Gasteiger partial charge in [-0.1, -0.05) is 0 Å². The lowest BCUT2D eigenvalue weighted by Gasteiger charge is -2.21. The highest BCUT2D eigenvalue weighted by Crippen LogP contribution is 2.14. The largest absolute Gasteiger partial charge is 0.481 e. The van der Waals surface area contributed by atoms with Crippen LogP contribution in [0.15, 0.2) is 12.3 Å². The van der Waals surface area contributed by atoms with E-state index in [-0.39, 0.29) is 0 Å². The fourth-order valence-electron chi connectivity index (χ4n) is 2.11. The summed E-state index contributed by atoms with van der Waals surface area (Å²) in [5.74, 6) is 2.05. The van der Waals surface area contributed by atoms with Gasteiger partial charge in [0.25, 0.3) is 0 Å². The van der Waals surface area contributed by atoms with Crippen molar-refractivity contribution in [1.82, 2.24) is 14.9 Å². The van der Waals surface area contributed by atoms with E-state index in [1.807, 2.05) is 0 Å². The van der Waals surface area contributed by atoms with Gasteiger partial charge in [0.2, 0.25) is 11.8 Å². The third-order valence-electron chi connectivity index (χ3n) is 3.10. The molecular weight excluding hydrogens is 252 g/mol. The first-order valence-corrected chi connectivity index (χ1v) is 6.77. The molecule has 1 aliphatic heterocycles. The maximum Gasteiger partial charge on any atom is 0.228 e. The van der Waals surface area contributed by atoms with Gasteiger partial charge in [0.05, 0.1) is 7.11 Å². The molecule has 0 aliphatic carbocycles. The molecule has 2 heterocycles. The lowest BCUT2D eigenvalue weighted by atomic mass is 10.4. The summed E-state index contributed by atoms with van der Waals surface area (Å²) in [6.07, 6.45) is 2.85. The summed E-state index contributed by atoms with van der Waals surface area (Å²) in [5, 5.41) is 0.